The Morgan fingerprint density at radius 2 is 1.71 bits per heavy atom. The number of pyridine rings is 1. The molecule has 0 unspecified atom stereocenters. The van der Waals surface area contributed by atoms with Gasteiger partial charge in [0.2, 0.25) is 5.88 Å². The smallest absolute Gasteiger partial charge is 0.269 e. The average molecular weight is 335 g/mol. The van der Waals surface area contributed by atoms with E-state index in [9.17, 15) is 9.18 Å². The number of methoxy groups -OCH3 is 3. The van der Waals surface area contributed by atoms with E-state index in [2.05, 4.69) is 15.8 Å². The van der Waals surface area contributed by atoms with Crippen LogP contribution in [-0.4, -0.2) is 32.2 Å². The van der Waals surface area contributed by atoms with Crippen molar-refractivity contribution in [1.82, 2.24) is 10.4 Å². The first kappa shape index (κ1) is 17.3. The van der Waals surface area contributed by atoms with Crippen LogP contribution in [0.2, 0.25) is 0 Å². The number of hydrazine groups is 1. The summed E-state index contributed by atoms with van der Waals surface area (Å²) in [6.07, 6.45) is 1.33. The minimum atomic E-state index is -0.643. The van der Waals surface area contributed by atoms with Gasteiger partial charge >= 0.3 is 0 Å². The van der Waals surface area contributed by atoms with Gasteiger partial charge in [0.1, 0.15) is 11.5 Å². The van der Waals surface area contributed by atoms with E-state index in [-0.39, 0.29) is 11.6 Å². The van der Waals surface area contributed by atoms with Gasteiger partial charge in [0.05, 0.1) is 33.2 Å². The molecule has 1 aromatic carbocycles. The van der Waals surface area contributed by atoms with E-state index in [4.69, 9.17) is 14.2 Å². The number of amides is 1. The van der Waals surface area contributed by atoms with E-state index in [1.165, 1.54) is 27.5 Å². The normalized spacial score (nSPS) is 10.0. The lowest BCUT2D eigenvalue weighted by Gasteiger charge is -2.13. The van der Waals surface area contributed by atoms with E-state index in [1.807, 2.05) is 6.92 Å². The van der Waals surface area contributed by atoms with E-state index in [1.54, 1.807) is 12.1 Å². The van der Waals surface area contributed by atoms with Crippen LogP contribution in [0.15, 0.2) is 24.4 Å². The molecule has 0 aliphatic rings. The number of hydrogen-bond acceptors (Lipinski definition) is 6. The van der Waals surface area contributed by atoms with Crippen molar-refractivity contribution in [3.63, 3.8) is 0 Å². The van der Waals surface area contributed by atoms with Crippen molar-refractivity contribution in [1.29, 1.82) is 0 Å². The molecular weight excluding hydrogens is 317 g/mol. The zero-order chi connectivity index (χ0) is 17.7. The quantitative estimate of drug-likeness (QED) is 0.789. The molecule has 8 heteroatoms. The molecule has 0 saturated heterocycles. The van der Waals surface area contributed by atoms with Crippen molar-refractivity contribution in [2.45, 2.75) is 6.92 Å². The molecule has 2 rings (SSSR count). The van der Waals surface area contributed by atoms with Crippen molar-refractivity contribution >= 4 is 11.6 Å². The topological polar surface area (TPSA) is 81.7 Å². The van der Waals surface area contributed by atoms with Crippen LogP contribution >= 0.6 is 0 Å². The van der Waals surface area contributed by atoms with Gasteiger partial charge < -0.3 is 14.2 Å². The first-order valence-electron chi connectivity index (χ1n) is 6.98. The summed E-state index contributed by atoms with van der Waals surface area (Å²) in [5.41, 5.74) is 6.42. The van der Waals surface area contributed by atoms with Gasteiger partial charge in [-0.05, 0) is 19.1 Å². The molecule has 128 valence electrons. The largest absolute Gasteiger partial charge is 0.496 e. The Morgan fingerprint density at radius 1 is 1.08 bits per heavy atom. The van der Waals surface area contributed by atoms with Gasteiger partial charge in [-0.15, -0.1) is 0 Å². The highest BCUT2D eigenvalue weighted by Crippen LogP contribution is 2.29. The zero-order valence-electron chi connectivity index (χ0n) is 13.8. The van der Waals surface area contributed by atoms with Gasteiger partial charge in [-0.1, -0.05) is 0 Å². The van der Waals surface area contributed by atoms with E-state index in [0.29, 0.717) is 17.1 Å². The maximum atomic E-state index is 13.6. The van der Waals surface area contributed by atoms with Crippen LogP contribution in [0, 0.1) is 12.7 Å². The average Bonchev–Trinajstić information content (AvgIpc) is 2.59. The van der Waals surface area contributed by atoms with E-state index >= 15 is 0 Å². The summed E-state index contributed by atoms with van der Waals surface area (Å²) in [7, 11) is 4.33. The molecule has 0 bridgehead atoms. The first-order valence-corrected chi connectivity index (χ1v) is 6.98. The molecule has 0 radical (unpaired) electrons. The molecule has 0 aliphatic heterocycles. The number of ether oxygens (including phenoxy) is 3. The number of benzene rings is 1. The molecular formula is C16H18FN3O4. The fraction of sp³-hybridized carbons (Fsp3) is 0.250. The molecule has 0 atom stereocenters. The van der Waals surface area contributed by atoms with Gasteiger partial charge in [0.25, 0.3) is 5.91 Å². The third kappa shape index (κ3) is 3.65. The highest BCUT2D eigenvalue weighted by atomic mass is 19.1. The van der Waals surface area contributed by atoms with Crippen LogP contribution in [0.5, 0.6) is 17.4 Å². The maximum absolute atomic E-state index is 13.6. The maximum Gasteiger partial charge on any atom is 0.269 e. The molecule has 2 aromatic rings. The van der Waals surface area contributed by atoms with Crippen LogP contribution in [0.1, 0.15) is 15.9 Å². The van der Waals surface area contributed by atoms with E-state index < -0.39 is 11.7 Å². The molecule has 2 N–H and O–H groups in total. The highest BCUT2D eigenvalue weighted by molar-refractivity contribution is 5.96. The lowest BCUT2D eigenvalue weighted by atomic mass is 10.1. The molecule has 0 fully saturated rings. The minimum Gasteiger partial charge on any atom is -0.496 e. The lowest BCUT2D eigenvalue weighted by Crippen LogP contribution is -2.29. The number of nitrogens with zero attached hydrogens (tertiary/aromatic N) is 1. The molecule has 7 nitrogen and oxygen atoms in total. The Labute approximate surface area is 138 Å². The van der Waals surface area contributed by atoms with Crippen LogP contribution in [0.3, 0.4) is 0 Å². The second-order valence-corrected chi connectivity index (χ2v) is 4.80. The molecule has 24 heavy (non-hydrogen) atoms. The highest BCUT2D eigenvalue weighted by Gasteiger charge is 2.14. The second kappa shape index (κ2) is 7.49. The fourth-order valence-electron chi connectivity index (χ4n) is 2.06. The number of hydrogen-bond donors (Lipinski definition) is 2. The first-order chi connectivity index (χ1) is 11.5. The Hall–Kier alpha value is -3.03. The summed E-state index contributed by atoms with van der Waals surface area (Å²) in [5.74, 6) is -0.161. The van der Waals surface area contributed by atoms with E-state index in [0.717, 1.165) is 11.6 Å². The number of anilines is 1. The van der Waals surface area contributed by atoms with Crippen LogP contribution in [0.25, 0.3) is 0 Å². The number of rotatable bonds is 6. The van der Waals surface area contributed by atoms with Gasteiger partial charge in [-0.25, -0.2) is 9.37 Å². The molecule has 1 aromatic heterocycles. The van der Waals surface area contributed by atoms with Crippen LogP contribution in [0.4, 0.5) is 10.1 Å². The second-order valence-electron chi connectivity index (χ2n) is 4.80. The summed E-state index contributed by atoms with van der Waals surface area (Å²) in [6, 6.07) is 4.33. The van der Waals surface area contributed by atoms with Gasteiger partial charge in [-0.3, -0.25) is 15.6 Å². The van der Waals surface area contributed by atoms with Crippen molar-refractivity contribution < 1.29 is 23.4 Å². The monoisotopic (exact) mass is 335 g/mol. The van der Waals surface area contributed by atoms with Crippen LogP contribution in [-0.2, 0) is 0 Å². The standard InChI is InChI=1S/C16H18FN3O4/c1-9-13(22-2)5-10(6-14(9)23-3)15(21)20-19-11-7-12(17)16(24-4)18-8-11/h5-8,19H,1-4H3,(H,20,21). The summed E-state index contributed by atoms with van der Waals surface area (Å²) >= 11 is 0. The summed E-state index contributed by atoms with van der Waals surface area (Å²) in [5, 5.41) is 0. The summed E-state index contributed by atoms with van der Waals surface area (Å²) in [6.45, 7) is 1.82. The van der Waals surface area contributed by atoms with Crippen LogP contribution < -0.4 is 25.1 Å². The Kier molecular flexibility index (Phi) is 5.41. The third-order valence-electron chi connectivity index (χ3n) is 3.34. The number of halogens is 1. The Bertz CT molecular complexity index is 727. The number of nitrogens with one attached hydrogen (secondary N) is 2. The molecule has 0 saturated carbocycles. The fourth-order valence-corrected chi connectivity index (χ4v) is 2.06. The van der Waals surface area contributed by atoms with Gasteiger partial charge in [-0.2, -0.15) is 0 Å². The number of carbonyl (C=O) groups excluding carboxylic acids is 1. The number of carbonyl (C=O) groups is 1. The van der Waals surface area contributed by atoms with Crippen molar-refractivity contribution in [2.75, 3.05) is 26.8 Å². The predicted octanol–water partition coefficient (Wildman–Crippen LogP) is 2.31. The molecule has 1 amide bonds. The Morgan fingerprint density at radius 3 is 2.21 bits per heavy atom. The van der Waals surface area contributed by atoms with Crippen molar-refractivity contribution in [3.05, 3.63) is 41.3 Å². The SMILES string of the molecule is COc1cc(C(=O)NNc2cnc(OC)c(F)c2)cc(OC)c1C. The summed E-state index contributed by atoms with van der Waals surface area (Å²) < 4.78 is 28.8. The van der Waals surface area contributed by atoms with Crippen molar-refractivity contribution in [3.8, 4) is 17.4 Å². The van der Waals surface area contributed by atoms with Gasteiger partial charge in [0.15, 0.2) is 5.82 Å². The third-order valence-corrected chi connectivity index (χ3v) is 3.34. The molecule has 1 heterocycles. The molecule has 0 spiro atoms. The Balaban J connectivity index is 2.14. The summed E-state index contributed by atoms with van der Waals surface area (Å²) in [4.78, 5) is 16.0. The predicted molar refractivity (Wildman–Crippen MR) is 86.1 cm³/mol. The minimum absolute atomic E-state index is 0.125. The lowest BCUT2D eigenvalue weighted by molar-refractivity contribution is 0.0962. The molecule has 0 aliphatic carbocycles. The zero-order valence-corrected chi connectivity index (χ0v) is 13.8. The number of aromatic nitrogens is 1. The van der Waals surface area contributed by atoms with Gasteiger partial charge in [0, 0.05) is 17.2 Å². The van der Waals surface area contributed by atoms with Crippen molar-refractivity contribution in [2.24, 2.45) is 0 Å².